The van der Waals surface area contributed by atoms with Gasteiger partial charge in [0, 0.05) is 6.04 Å². The molecule has 0 atom stereocenters. The Bertz CT molecular complexity index is 850. The largest absolute Gasteiger partial charge is 0.468 e. The summed E-state index contributed by atoms with van der Waals surface area (Å²) in [5.74, 6) is 0.864. The van der Waals surface area contributed by atoms with E-state index >= 15 is 0 Å². The molecule has 25 heavy (non-hydrogen) atoms. The predicted molar refractivity (Wildman–Crippen MR) is 99.8 cm³/mol. The number of nitrogens with zero attached hydrogens (tertiary/aromatic N) is 1. The van der Waals surface area contributed by atoms with Crippen molar-refractivity contribution in [1.29, 1.82) is 0 Å². The van der Waals surface area contributed by atoms with Crippen LogP contribution in [0, 0.1) is 13.8 Å². The van der Waals surface area contributed by atoms with Crippen molar-refractivity contribution < 1.29 is 14.0 Å². The van der Waals surface area contributed by atoms with Crippen LogP contribution in [0.5, 0.6) is 0 Å². The number of carbonyl (C=O) groups excluding carboxylic acids is 2. The van der Waals surface area contributed by atoms with Crippen LogP contribution in [-0.4, -0.2) is 22.8 Å². The van der Waals surface area contributed by atoms with Gasteiger partial charge in [-0.25, -0.2) is 0 Å². The molecule has 0 fully saturated rings. The molecule has 2 heterocycles. The smallest absolute Gasteiger partial charge is 0.268 e. The molecule has 130 valence electrons. The summed E-state index contributed by atoms with van der Waals surface area (Å²) in [6.07, 6.45) is 1.61. The normalized spacial score (nSPS) is 15.0. The van der Waals surface area contributed by atoms with Crippen molar-refractivity contribution in [3.63, 3.8) is 0 Å². The van der Waals surface area contributed by atoms with E-state index in [0.29, 0.717) is 16.2 Å². The van der Waals surface area contributed by atoms with Crippen molar-refractivity contribution in [2.45, 2.75) is 39.5 Å². The van der Waals surface area contributed by atoms with E-state index in [4.69, 9.17) is 4.42 Å². The summed E-state index contributed by atoms with van der Waals surface area (Å²) in [5, 5.41) is 0. The second-order valence-electron chi connectivity index (χ2n) is 6.46. The second-order valence-corrected chi connectivity index (χ2v) is 7.45. The Kier molecular flexibility index (Phi) is 4.86. The Labute approximate surface area is 151 Å². The lowest BCUT2D eigenvalue weighted by molar-refractivity contribution is -0.138. The van der Waals surface area contributed by atoms with Crippen molar-refractivity contribution in [1.82, 2.24) is 4.90 Å². The van der Waals surface area contributed by atoms with E-state index in [2.05, 4.69) is 0 Å². The van der Waals surface area contributed by atoms with Gasteiger partial charge >= 0.3 is 0 Å². The summed E-state index contributed by atoms with van der Waals surface area (Å²) in [5.41, 5.74) is 3.46. The van der Waals surface area contributed by atoms with Gasteiger partial charge in [0.05, 0.1) is 22.5 Å². The van der Waals surface area contributed by atoms with Gasteiger partial charge in [-0.2, -0.15) is 0 Å². The summed E-state index contributed by atoms with van der Waals surface area (Å²) in [4.78, 5) is 27.7. The van der Waals surface area contributed by atoms with Gasteiger partial charge in [-0.05, 0) is 51.0 Å². The fourth-order valence-electron chi connectivity index (χ4n) is 3.00. The van der Waals surface area contributed by atoms with Crippen molar-refractivity contribution in [2.24, 2.45) is 0 Å². The number of thioether (sulfide) groups is 1. The summed E-state index contributed by atoms with van der Waals surface area (Å²) in [6, 6.07) is 9.45. The molecule has 1 aliphatic heterocycles. The average Bonchev–Trinajstić information content (AvgIpc) is 3.12. The highest BCUT2D eigenvalue weighted by atomic mass is 32.2. The van der Waals surface area contributed by atoms with Gasteiger partial charge in [-0.3, -0.25) is 14.5 Å². The first-order valence-corrected chi connectivity index (χ1v) is 9.23. The lowest BCUT2D eigenvalue weighted by atomic mass is 9.98. The van der Waals surface area contributed by atoms with E-state index in [1.54, 1.807) is 6.26 Å². The lowest BCUT2D eigenvalue weighted by Crippen LogP contribution is -2.37. The highest BCUT2D eigenvalue weighted by molar-refractivity contribution is 8.03. The highest BCUT2D eigenvalue weighted by Gasteiger charge is 2.40. The summed E-state index contributed by atoms with van der Waals surface area (Å²) in [6.45, 7) is 7.70. The molecule has 0 spiro atoms. The molecule has 0 radical (unpaired) electrons. The molecule has 0 aliphatic carbocycles. The first kappa shape index (κ1) is 17.5. The van der Waals surface area contributed by atoms with E-state index in [1.165, 1.54) is 16.7 Å². The maximum atomic E-state index is 13.0. The minimum Gasteiger partial charge on any atom is -0.468 e. The third-order valence-corrected chi connectivity index (χ3v) is 5.28. The number of benzene rings is 1. The van der Waals surface area contributed by atoms with Gasteiger partial charge in [-0.1, -0.05) is 23.8 Å². The van der Waals surface area contributed by atoms with Crippen LogP contribution >= 0.6 is 11.8 Å². The predicted octanol–water partition coefficient (Wildman–Crippen LogP) is 4.32. The van der Waals surface area contributed by atoms with E-state index in [9.17, 15) is 9.59 Å². The Morgan fingerprint density at radius 2 is 1.88 bits per heavy atom. The van der Waals surface area contributed by atoms with Crippen LogP contribution in [0.25, 0.3) is 5.57 Å². The first-order valence-electron chi connectivity index (χ1n) is 8.25. The van der Waals surface area contributed by atoms with Crippen molar-refractivity contribution in [3.05, 3.63) is 64.0 Å². The number of furan rings is 1. The van der Waals surface area contributed by atoms with Crippen LogP contribution in [0.2, 0.25) is 0 Å². The highest BCUT2D eigenvalue weighted by Crippen LogP contribution is 2.39. The number of imide groups is 1. The van der Waals surface area contributed by atoms with Crippen LogP contribution in [0.4, 0.5) is 0 Å². The number of aryl methyl sites for hydroxylation is 2. The summed E-state index contributed by atoms with van der Waals surface area (Å²) < 4.78 is 5.36. The van der Waals surface area contributed by atoms with Crippen molar-refractivity contribution >= 4 is 29.1 Å². The van der Waals surface area contributed by atoms with E-state index in [0.717, 1.165) is 22.5 Å². The lowest BCUT2D eigenvalue weighted by Gasteiger charge is -2.19. The van der Waals surface area contributed by atoms with Gasteiger partial charge in [0.1, 0.15) is 5.76 Å². The Balaban J connectivity index is 2.05. The molecule has 2 aromatic rings. The molecule has 0 unspecified atom stereocenters. The van der Waals surface area contributed by atoms with Gasteiger partial charge in [0.25, 0.3) is 11.8 Å². The minimum atomic E-state index is -0.216. The fraction of sp³-hybridized carbons (Fsp3) is 0.300. The SMILES string of the molecule is Cc1ccc(C2=C(SCc3ccco3)C(=O)N(C(C)C)C2=O)c(C)c1. The number of carbonyl (C=O) groups is 2. The molecule has 5 heteroatoms. The molecule has 4 nitrogen and oxygen atoms in total. The maximum absolute atomic E-state index is 13.0. The molecule has 0 saturated carbocycles. The fourth-order valence-corrected chi connectivity index (χ4v) is 4.01. The van der Waals surface area contributed by atoms with Crippen LogP contribution < -0.4 is 0 Å². The molecular weight excluding hydrogens is 334 g/mol. The van der Waals surface area contributed by atoms with Gasteiger partial charge < -0.3 is 4.42 Å². The molecule has 0 saturated heterocycles. The number of hydrogen-bond donors (Lipinski definition) is 0. The van der Waals surface area contributed by atoms with Crippen LogP contribution in [0.3, 0.4) is 0 Å². The Morgan fingerprint density at radius 3 is 2.48 bits per heavy atom. The number of hydrogen-bond acceptors (Lipinski definition) is 4. The van der Waals surface area contributed by atoms with Crippen molar-refractivity contribution in [3.8, 4) is 0 Å². The summed E-state index contributed by atoms with van der Waals surface area (Å²) >= 11 is 1.36. The number of rotatable bonds is 5. The van der Waals surface area contributed by atoms with Crippen LogP contribution in [0.1, 0.15) is 36.3 Å². The third kappa shape index (κ3) is 3.29. The van der Waals surface area contributed by atoms with E-state index < -0.39 is 0 Å². The van der Waals surface area contributed by atoms with Gasteiger partial charge in [-0.15, -0.1) is 11.8 Å². The topological polar surface area (TPSA) is 50.5 Å². The zero-order valence-electron chi connectivity index (χ0n) is 14.8. The molecule has 1 aliphatic rings. The quantitative estimate of drug-likeness (QED) is 0.750. The molecular formula is C20H21NO3S. The first-order chi connectivity index (χ1) is 11.9. The summed E-state index contributed by atoms with van der Waals surface area (Å²) in [7, 11) is 0. The molecule has 1 aromatic carbocycles. The zero-order chi connectivity index (χ0) is 18.1. The van der Waals surface area contributed by atoms with E-state index in [-0.39, 0.29) is 17.9 Å². The molecule has 3 rings (SSSR count). The van der Waals surface area contributed by atoms with E-state index in [1.807, 2.05) is 58.0 Å². The molecule has 0 N–H and O–H groups in total. The minimum absolute atomic E-state index is 0.178. The monoisotopic (exact) mass is 355 g/mol. The van der Waals surface area contributed by atoms with Crippen LogP contribution in [0.15, 0.2) is 45.9 Å². The molecule has 0 bridgehead atoms. The zero-order valence-corrected chi connectivity index (χ0v) is 15.6. The maximum Gasteiger partial charge on any atom is 0.268 e. The Hall–Kier alpha value is -2.27. The van der Waals surface area contributed by atoms with Crippen molar-refractivity contribution in [2.75, 3.05) is 0 Å². The van der Waals surface area contributed by atoms with Gasteiger partial charge in [0.15, 0.2) is 0 Å². The standard InChI is InChI=1S/C20H21NO3S/c1-12(2)21-19(22)17(16-8-7-13(3)10-14(16)4)18(20(21)23)25-11-15-6-5-9-24-15/h5-10,12H,11H2,1-4H3. The van der Waals surface area contributed by atoms with Crippen LogP contribution in [-0.2, 0) is 15.3 Å². The molecule has 2 amide bonds. The Morgan fingerprint density at radius 1 is 1.12 bits per heavy atom. The molecule has 1 aromatic heterocycles. The average molecular weight is 355 g/mol. The third-order valence-electron chi connectivity index (χ3n) is 4.18. The second kappa shape index (κ2) is 6.92. The number of amides is 2. The van der Waals surface area contributed by atoms with Gasteiger partial charge in [0.2, 0.25) is 0 Å².